The van der Waals surface area contributed by atoms with Gasteiger partial charge in [-0.2, -0.15) is 0 Å². The lowest BCUT2D eigenvalue weighted by atomic mass is 10.0. The fraction of sp³-hybridized carbons (Fsp3) is 0.350. The van der Waals surface area contributed by atoms with E-state index in [2.05, 4.69) is 0 Å². The number of ketones is 1. The SMILES string of the molecule is CC([NH2+]CCC(=O)c1ccc2c(c1)OCCO2)C(O)c1ccccc1.[Cl-]. The summed E-state index contributed by atoms with van der Waals surface area (Å²) in [7, 11) is 0. The number of halogens is 1. The van der Waals surface area contributed by atoms with Crippen LogP contribution in [0.25, 0.3) is 0 Å². The number of hydrogen-bond acceptors (Lipinski definition) is 4. The molecule has 2 unspecified atom stereocenters. The molecule has 0 fully saturated rings. The minimum atomic E-state index is -0.550. The van der Waals surface area contributed by atoms with E-state index in [4.69, 9.17) is 9.47 Å². The lowest BCUT2D eigenvalue weighted by Crippen LogP contribution is -3.00. The van der Waals surface area contributed by atoms with Crippen molar-refractivity contribution in [2.75, 3.05) is 19.8 Å². The minimum absolute atomic E-state index is 0. The molecule has 1 aliphatic rings. The number of benzene rings is 2. The Morgan fingerprint density at radius 2 is 1.81 bits per heavy atom. The summed E-state index contributed by atoms with van der Waals surface area (Å²) in [5.74, 6) is 1.39. The molecule has 26 heavy (non-hydrogen) atoms. The van der Waals surface area contributed by atoms with Crippen LogP contribution < -0.4 is 27.2 Å². The molecule has 0 amide bonds. The van der Waals surface area contributed by atoms with Crippen LogP contribution in [0.1, 0.15) is 35.4 Å². The highest BCUT2D eigenvalue weighted by molar-refractivity contribution is 5.96. The molecule has 0 bridgehead atoms. The van der Waals surface area contributed by atoms with Crippen LogP contribution in [-0.2, 0) is 0 Å². The first-order valence-corrected chi connectivity index (χ1v) is 8.64. The van der Waals surface area contributed by atoms with Gasteiger partial charge in [0, 0.05) is 5.56 Å². The van der Waals surface area contributed by atoms with Crippen molar-refractivity contribution in [1.29, 1.82) is 0 Å². The van der Waals surface area contributed by atoms with Crippen LogP contribution in [0, 0.1) is 0 Å². The molecular weight excluding hydrogens is 354 g/mol. The van der Waals surface area contributed by atoms with E-state index in [1.54, 1.807) is 18.2 Å². The summed E-state index contributed by atoms with van der Waals surface area (Å²) in [5, 5.41) is 12.4. The van der Waals surface area contributed by atoms with Gasteiger partial charge in [-0.1, -0.05) is 30.3 Å². The van der Waals surface area contributed by atoms with Crippen LogP contribution in [0.15, 0.2) is 48.5 Å². The number of hydrogen-bond donors (Lipinski definition) is 2. The lowest BCUT2D eigenvalue weighted by molar-refractivity contribution is -0.693. The van der Waals surface area contributed by atoms with E-state index < -0.39 is 6.10 Å². The Bertz CT molecular complexity index is 723. The fourth-order valence-electron chi connectivity index (χ4n) is 2.92. The van der Waals surface area contributed by atoms with Crippen LogP contribution in [0.2, 0.25) is 0 Å². The van der Waals surface area contributed by atoms with Gasteiger partial charge in [0.15, 0.2) is 17.3 Å². The van der Waals surface area contributed by atoms with Crippen molar-refractivity contribution in [3.8, 4) is 11.5 Å². The number of carbonyl (C=O) groups excluding carboxylic acids is 1. The number of quaternary nitrogens is 1. The van der Waals surface area contributed by atoms with Gasteiger partial charge >= 0.3 is 0 Å². The molecule has 1 heterocycles. The normalized spacial score (nSPS) is 14.8. The molecule has 0 aliphatic carbocycles. The maximum absolute atomic E-state index is 12.4. The van der Waals surface area contributed by atoms with Gasteiger partial charge in [0.2, 0.25) is 0 Å². The third-order valence-electron chi connectivity index (χ3n) is 4.41. The van der Waals surface area contributed by atoms with Gasteiger partial charge in [-0.05, 0) is 30.7 Å². The van der Waals surface area contributed by atoms with Crippen LogP contribution in [-0.4, -0.2) is 36.7 Å². The van der Waals surface area contributed by atoms with E-state index in [1.807, 2.05) is 42.6 Å². The van der Waals surface area contributed by atoms with E-state index in [9.17, 15) is 9.90 Å². The third kappa shape index (κ3) is 4.97. The molecule has 1 aliphatic heterocycles. The zero-order valence-corrected chi connectivity index (χ0v) is 15.5. The Labute approximate surface area is 159 Å². The second-order valence-corrected chi connectivity index (χ2v) is 6.27. The molecule has 0 saturated heterocycles. The first-order valence-electron chi connectivity index (χ1n) is 8.64. The van der Waals surface area contributed by atoms with Crippen LogP contribution in [0.4, 0.5) is 0 Å². The minimum Gasteiger partial charge on any atom is -1.00 e. The van der Waals surface area contributed by atoms with E-state index in [-0.39, 0.29) is 24.2 Å². The maximum Gasteiger partial charge on any atom is 0.168 e. The molecule has 0 radical (unpaired) electrons. The predicted molar refractivity (Wildman–Crippen MR) is 94.0 cm³/mol. The third-order valence-corrected chi connectivity index (χ3v) is 4.41. The Kier molecular flexibility index (Phi) is 7.45. The van der Waals surface area contributed by atoms with Crippen molar-refractivity contribution in [3.05, 3.63) is 59.7 Å². The van der Waals surface area contributed by atoms with E-state index in [0.717, 1.165) is 5.56 Å². The average molecular weight is 378 g/mol. The summed E-state index contributed by atoms with van der Waals surface area (Å²) < 4.78 is 11.0. The second kappa shape index (κ2) is 9.57. The van der Waals surface area contributed by atoms with Gasteiger partial charge in [0.1, 0.15) is 25.4 Å². The maximum atomic E-state index is 12.4. The van der Waals surface area contributed by atoms with Crippen molar-refractivity contribution in [2.45, 2.75) is 25.5 Å². The molecule has 6 heteroatoms. The van der Waals surface area contributed by atoms with Crippen molar-refractivity contribution in [1.82, 2.24) is 0 Å². The zero-order valence-electron chi connectivity index (χ0n) is 14.7. The quantitative estimate of drug-likeness (QED) is 0.590. The monoisotopic (exact) mass is 377 g/mol. The van der Waals surface area contributed by atoms with Gasteiger partial charge in [0.25, 0.3) is 0 Å². The number of nitrogens with two attached hydrogens (primary N) is 1. The highest BCUT2D eigenvalue weighted by Gasteiger charge is 2.20. The average Bonchev–Trinajstić information content (AvgIpc) is 2.67. The number of ether oxygens (including phenoxy) is 2. The number of aliphatic hydroxyl groups excluding tert-OH is 1. The smallest absolute Gasteiger partial charge is 0.168 e. The molecule has 0 aromatic heterocycles. The highest BCUT2D eigenvalue weighted by Crippen LogP contribution is 2.31. The number of rotatable bonds is 7. The Hall–Kier alpha value is -2.08. The van der Waals surface area contributed by atoms with Gasteiger partial charge < -0.3 is 32.3 Å². The summed E-state index contributed by atoms with van der Waals surface area (Å²) in [6.07, 6.45) is -0.142. The molecule has 5 nitrogen and oxygen atoms in total. The molecule has 2 atom stereocenters. The second-order valence-electron chi connectivity index (χ2n) is 6.27. The zero-order chi connectivity index (χ0) is 17.6. The number of fused-ring (bicyclic) bond motifs is 1. The molecule has 3 N–H and O–H groups in total. The lowest BCUT2D eigenvalue weighted by Gasteiger charge is -2.19. The van der Waals surface area contributed by atoms with Crippen LogP contribution in [0.3, 0.4) is 0 Å². The van der Waals surface area contributed by atoms with Crippen LogP contribution >= 0.6 is 0 Å². The number of aliphatic hydroxyl groups is 1. The Morgan fingerprint density at radius 3 is 2.54 bits per heavy atom. The van der Waals surface area contributed by atoms with Gasteiger partial charge in [-0.15, -0.1) is 0 Å². The summed E-state index contributed by atoms with van der Waals surface area (Å²) in [6.45, 7) is 3.63. The largest absolute Gasteiger partial charge is 1.00 e. The van der Waals surface area contributed by atoms with Gasteiger partial charge in [-0.25, -0.2) is 0 Å². The van der Waals surface area contributed by atoms with E-state index in [0.29, 0.717) is 43.2 Å². The Balaban J connectivity index is 0.00000243. The summed E-state index contributed by atoms with van der Waals surface area (Å²) in [5.41, 5.74) is 1.53. The standard InChI is InChI=1S/C20H23NO4.ClH/c1-14(20(23)15-5-3-2-4-6-15)21-10-9-17(22)16-7-8-18-19(13-16)25-12-11-24-18;/h2-8,13-14,20-21,23H,9-12H2,1H3;1H. The summed E-state index contributed by atoms with van der Waals surface area (Å²) in [4.78, 5) is 12.4. The number of Topliss-reactive ketones (excluding diaryl/α,β-unsaturated/α-hetero) is 1. The molecule has 2 aromatic carbocycles. The topological polar surface area (TPSA) is 72.4 Å². The first-order chi connectivity index (χ1) is 12.1. The predicted octanol–water partition coefficient (Wildman–Crippen LogP) is -1.28. The van der Waals surface area contributed by atoms with Crippen molar-refractivity contribution >= 4 is 5.78 Å². The molecule has 0 spiro atoms. The van der Waals surface area contributed by atoms with Crippen molar-refractivity contribution < 1.29 is 37.1 Å². The molecule has 140 valence electrons. The number of carbonyl (C=O) groups is 1. The molecular formula is C20H24ClNO4. The highest BCUT2D eigenvalue weighted by atomic mass is 35.5. The molecule has 0 saturated carbocycles. The van der Waals surface area contributed by atoms with Crippen LogP contribution in [0.5, 0.6) is 11.5 Å². The molecule has 3 rings (SSSR count). The van der Waals surface area contributed by atoms with E-state index in [1.165, 1.54) is 0 Å². The Morgan fingerprint density at radius 1 is 1.12 bits per heavy atom. The molecule has 2 aromatic rings. The first kappa shape index (κ1) is 20.2. The summed E-state index contributed by atoms with van der Waals surface area (Å²) >= 11 is 0. The van der Waals surface area contributed by atoms with Crippen molar-refractivity contribution in [3.63, 3.8) is 0 Å². The fourth-order valence-corrected chi connectivity index (χ4v) is 2.92. The van der Waals surface area contributed by atoms with Gasteiger partial charge in [0.05, 0.1) is 13.0 Å². The van der Waals surface area contributed by atoms with Gasteiger partial charge in [-0.3, -0.25) is 4.79 Å². The van der Waals surface area contributed by atoms with Crippen molar-refractivity contribution in [2.24, 2.45) is 0 Å². The van der Waals surface area contributed by atoms with E-state index >= 15 is 0 Å². The summed E-state index contributed by atoms with van der Waals surface area (Å²) in [6, 6.07) is 14.9.